The standard InChI is InChI=1S/C11H12N2O5S2.C8H8O2/c1-6(14)12-9-8-7(5-19-9)10(15)13(11(8)16)3-4-20(2,17)18;1-2-4-8-7(3-1)9-5-6-10-8/h5H,3-4H2,1-2H3,(H,12,14);1-4H,5-6H2. The minimum absolute atomic E-state index is 0.142. The predicted octanol–water partition coefficient (Wildman–Crippen LogP) is 1.80. The van der Waals surface area contributed by atoms with E-state index in [1.807, 2.05) is 24.3 Å². The Kier molecular flexibility index (Phi) is 6.42. The summed E-state index contributed by atoms with van der Waals surface area (Å²) in [5.74, 6) is -0.0136. The molecule has 0 atom stereocenters. The second-order valence-corrected chi connectivity index (χ2v) is 9.71. The molecule has 0 spiro atoms. The Morgan fingerprint density at radius 3 is 2.27 bits per heavy atom. The summed E-state index contributed by atoms with van der Waals surface area (Å²) in [5.41, 5.74) is 0.348. The van der Waals surface area contributed by atoms with Crippen LogP contribution in [0.4, 0.5) is 5.00 Å². The maximum atomic E-state index is 12.2. The van der Waals surface area contributed by atoms with E-state index in [9.17, 15) is 22.8 Å². The fourth-order valence-electron chi connectivity index (χ4n) is 2.80. The number of fused-ring (bicyclic) bond motifs is 2. The average molecular weight is 453 g/mol. The summed E-state index contributed by atoms with van der Waals surface area (Å²) in [7, 11) is -3.27. The van der Waals surface area contributed by atoms with Gasteiger partial charge in [0.25, 0.3) is 11.8 Å². The van der Waals surface area contributed by atoms with Gasteiger partial charge in [0.05, 0.1) is 16.9 Å². The molecular formula is C19H20N2O7S2. The summed E-state index contributed by atoms with van der Waals surface area (Å²) >= 11 is 1.09. The van der Waals surface area contributed by atoms with Gasteiger partial charge in [-0.05, 0) is 12.1 Å². The first kappa shape index (κ1) is 21.8. The number of imide groups is 1. The van der Waals surface area contributed by atoms with Crippen molar-refractivity contribution in [1.82, 2.24) is 4.90 Å². The number of para-hydroxylation sites is 2. The molecule has 3 amide bonds. The van der Waals surface area contributed by atoms with E-state index in [2.05, 4.69) is 5.32 Å². The minimum Gasteiger partial charge on any atom is -0.486 e. The number of rotatable bonds is 4. The minimum atomic E-state index is -3.27. The molecule has 0 fully saturated rings. The number of hydrogen-bond acceptors (Lipinski definition) is 8. The number of nitrogens with one attached hydrogen (secondary N) is 1. The van der Waals surface area contributed by atoms with Crippen molar-refractivity contribution in [3.05, 3.63) is 40.8 Å². The van der Waals surface area contributed by atoms with E-state index in [1.54, 1.807) is 0 Å². The fourth-order valence-corrected chi connectivity index (χ4v) is 4.29. The topological polar surface area (TPSA) is 119 Å². The van der Waals surface area contributed by atoms with Crippen LogP contribution in [-0.2, 0) is 14.6 Å². The number of amides is 3. The van der Waals surface area contributed by atoms with E-state index in [0.717, 1.165) is 34.0 Å². The van der Waals surface area contributed by atoms with Crippen LogP contribution < -0.4 is 14.8 Å². The summed E-state index contributed by atoms with van der Waals surface area (Å²) in [6, 6.07) is 7.70. The van der Waals surface area contributed by atoms with E-state index < -0.39 is 21.7 Å². The monoisotopic (exact) mass is 452 g/mol. The number of nitrogens with zero attached hydrogens (tertiary/aromatic N) is 1. The van der Waals surface area contributed by atoms with Crippen molar-refractivity contribution in [3.8, 4) is 11.5 Å². The van der Waals surface area contributed by atoms with Gasteiger partial charge in [0.15, 0.2) is 11.5 Å². The summed E-state index contributed by atoms with van der Waals surface area (Å²) in [5, 5.41) is 4.29. The van der Waals surface area contributed by atoms with Crippen molar-refractivity contribution in [1.29, 1.82) is 0 Å². The Balaban J connectivity index is 0.000000212. The summed E-state index contributed by atoms with van der Waals surface area (Å²) in [6.45, 7) is 2.44. The van der Waals surface area contributed by atoms with Gasteiger partial charge in [0.2, 0.25) is 5.91 Å². The number of thiophene rings is 1. The number of hydrogen-bond donors (Lipinski definition) is 1. The third-order valence-electron chi connectivity index (χ3n) is 4.15. The lowest BCUT2D eigenvalue weighted by Crippen LogP contribution is -2.34. The summed E-state index contributed by atoms with van der Waals surface area (Å²) < 4.78 is 32.8. The molecule has 0 saturated carbocycles. The van der Waals surface area contributed by atoms with Crippen LogP contribution in [0.25, 0.3) is 0 Å². The molecule has 4 rings (SSSR count). The van der Waals surface area contributed by atoms with E-state index in [1.165, 1.54) is 12.3 Å². The number of ether oxygens (including phenoxy) is 2. The van der Waals surface area contributed by atoms with E-state index in [-0.39, 0.29) is 29.3 Å². The molecule has 2 aromatic rings. The van der Waals surface area contributed by atoms with Crippen LogP contribution in [0.15, 0.2) is 29.6 Å². The van der Waals surface area contributed by atoms with Crippen molar-refractivity contribution in [2.24, 2.45) is 0 Å². The second kappa shape index (κ2) is 8.84. The average Bonchev–Trinajstić information content (AvgIpc) is 3.20. The van der Waals surface area contributed by atoms with Crippen molar-refractivity contribution in [2.45, 2.75) is 6.92 Å². The van der Waals surface area contributed by atoms with Gasteiger partial charge in [-0.15, -0.1) is 11.3 Å². The lowest BCUT2D eigenvalue weighted by Gasteiger charge is -2.17. The van der Waals surface area contributed by atoms with E-state index in [4.69, 9.17) is 9.47 Å². The highest BCUT2D eigenvalue weighted by molar-refractivity contribution is 7.90. The highest BCUT2D eigenvalue weighted by Crippen LogP contribution is 2.35. The Hall–Kier alpha value is -2.92. The quantitative estimate of drug-likeness (QED) is 0.703. The molecule has 0 unspecified atom stereocenters. The summed E-state index contributed by atoms with van der Waals surface area (Å²) in [4.78, 5) is 36.1. The first-order valence-corrected chi connectivity index (χ1v) is 11.9. The highest BCUT2D eigenvalue weighted by Gasteiger charge is 2.39. The van der Waals surface area contributed by atoms with Crippen LogP contribution in [0, 0.1) is 0 Å². The van der Waals surface area contributed by atoms with Gasteiger partial charge >= 0.3 is 0 Å². The van der Waals surface area contributed by atoms with Gasteiger partial charge in [0.1, 0.15) is 28.1 Å². The zero-order valence-corrected chi connectivity index (χ0v) is 18.0. The number of benzene rings is 1. The molecule has 2 aliphatic heterocycles. The normalized spacial score (nSPS) is 14.7. The zero-order valence-electron chi connectivity index (χ0n) is 16.3. The smallest absolute Gasteiger partial charge is 0.264 e. The van der Waals surface area contributed by atoms with Crippen LogP contribution in [0.3, 0.4) is 0 Å². The molecule has 0 radical (unpaired) electrons. The molecule has 1 aromatic carbocycles. The van der Waals surface area contributed by atoms with Gasteiger partial charge in [0, 0.05) is 25.1 Å². The number of carbonyl (C=O) groups excluding carboxylic acids is 3. The lowest BCUT2D eigenvalue weighted by atomic mass is 10.2. The molecule has 30 heavy (non-hydrogen) atoms. The fraction of sp³-hybridized carbons (Fsp3) is 0.316. The molecule has 11 heteroatoms. The zero-order chi connectivity index (χ0) is 21.9. The van der Waals surface area contributed by atoms with E-state index in [0.29, 0.717) is 18.2 Å². The molecule has 3 heterocycles. The molecular weight excluding hydrogens is 432 g/mol. The molecule has 160 valence electrons. The molecule has 1 aromatic heterocycles. The lowest BCUT2D eigenvalue weighted by molar-refractivity contribution is -0.114. The van der Waals surface area contributed by atoms with Gasteiger partial charge in [-0.25, -0.2) is 8.42 Å². The molecule has 1 N–H and O–H groups in total. The Bertz CT molecular complexity index is 1070. The molecule has 0 bridgehead atoms. The number of carbonyl (C=O) groups is 3. The first-order valence-electron chi connectivity index (χ1n) is 8.95. The molecule has 0 saturated heterocycles. The van der Waals surface area contributed by atoms with E-state index >= 15 is 0 Å². The Morgan fingerprint density at radius 2 is 1.73 bits per heavy atom. The SMILES string of the molecule is CC(=O)Nc1scc2c1C(=O)N(CCS(C)(=O)=O)C2=O.c1ccc2c(c1)OCCO2. The van der Waals surface area contributed by atoms with Gasteiger partial charge in [-0.2, -0.15) is 0 Å². The van der Waals surface area contributed by atoms with Gasteiger partial charge in [-0.1, -0.05) is 12.1 Å². The largest absolute Gasteiger partial charge is 0.486 e. The van der Waals surface area contributed by atoms with Crippen LogP contribution in [0.2, 0.25) is 0 Å². The van der Waals surface area contributed by atoms with Gasteiger partial charge in [-0.3, -0.25) is 19.3 Å². The molecule has 2 aliphatic rings. The number of anilines is 1. The van der Waals surface area contributed by atoms with Crippen molar-refractivity contribution in [2.75, 3.05) is 37.1 Å². The van der Waals surface area contributed by atoms with Crippen molar-refractivity contribution < 1.29 is 32.3 Å². The van der Waals surface area contributed by atoms with Gasteiger partial charge < -0.3 is 14.8 Å². The predicted molar refractivity (Wildman–Crippen MR) is 111 cm³/mol. The summed E-state index contributed by atoms with van der Waals surface area (Å²) in [6.07, 6.45) is 1.04. The third kappa shape index (κ3) is 4.97. The molecule has 9 nitrogen and oxygen atoms in total. The third-order valence-corrected chi connectivity index (χ3v) is 5.97. The van der Waals surface area contributed by atoms with Crippen LogP contribution in [-0.4, -0.2) is 62.8 Å². The first-order chi connectivity index (χ1) is 14.2. The molecule has 0 aliphatic carbocycles. The van der Waals surface area contributed by atoms with Crippen LogP contribution in [0.5, 0.6) is 11.5 Å². The maximum Gasteiger partial charge on any atom is 0.264 e. The maximum absolute atomic E-state index is 12.2. The second-order valence-electron chi connectivity index (χ2n) is 6.57. The Morgan fingerprint density at radius 1 is 1.13 bits per heavy atom. The number of sulfone groups is 1. The van der Waals surface area contributed by atoms with Crippen LogP contribution >= 0.6 is 11.3 Å². The highest BCUT2D eigenvalue weighted by atomic mass is 32.2. The van der Waals surface area contributed by atoms with Crippen LogP contribution in [0.1, 0.15) is 27.6 Å². The van der Waals surface area contributed by atoms with Crippen molar-refractivity contribution >= 4 is 43.9 Å². The Labute approximate surface area is 177 Å². The van der Waals surface area contributed by atoms with Crippen molar-refractivity contribution in [3.63, 3.8) is 0 Å².